The van der Waals surface area contributed by atoms with E-state index in [1.165, 1.54) is 36.4 Å². The number of sulfonamides is 1. The van der Waals surface area contributed by atoms with E-state index in [4.69, 9.17) is 4.74 Å². The van der Waals surface area contributed by atoms with E-state index in [1.807, 2.05) is 0 Å². The number of halogens is 3. The van der Waals surface area contributed by atoms with E-state index in [0.29, 0.717) is 11.5 Å². The maximum atomic E-state index is 12.9. The standard InChI is InChI=1S/C19H14F3NO4S/c20-19(21,22)27-23(28(24,25)18-9-5-2-6-10-18)15-11-13-17(14-12-15)26-16-7-3-1-4-8-16/h1-14H. The van der Waals surface area contributed by atoms with Crippen molar-refractivity contribution in [1.82, 2.24) is 0 Å². The minimum absolute atomic E-state index is 0.158. The molecule has 0 unspecified atom stereocenters. The lowest BCUT2D eigenvalue weighted by Crippen LogP contribution is -2.36. The molecule has 0 bridgehead atoms. The molecule has 0 radical (unpaired) electrons. The lowest BCUT2D eigenvalue weighted by atomic mass is 10.3. The van der Waals surface area contributed by atoms with Crippen LogP contribution in [0.5, 0.6) is 11.5 Å². The van der Waals surface area contributed by atoms with Crippen LogP contribution in [0.15, 0.2) is 89.8 Å². The molecule has 9 heteroatoms. The second-order valence-corrected chi connectivity index (χ2v) is 7.24. The van der Waals surface area contributed by atoms with Crippen molar-refractivity contribution < 1.29 is 31.2 Å². The van der Waals surface area contributed by atoms with Crippen LogP contribution in [0.25, 0.3) is 0 Å². The van der Waals surface area contributed by atoms with Crippen molar-refractivity contribution in [3.05, 3.63) is 84.9 Å². The number of alkyl halides is 3. The van der Waals surface area contributed by atoms with E-state index in [1.54, 1.807) is 36.4 Å². The molecule has 0 atom stereocenters. The van der Waals surface area contributed by atoms with Crippen molar-refractivity contribution in [2.45, 2.75) is 11.3 Å². The lowest BCUT2D eigenvalue weighted by molar-refractivity contribution is -0.322. The molecule has 3 aromatic carbocycles. The Morgan fingerprint density at radius 1 is 0.714 bits per heavy atom. The molecule has 0 N–H and O–H groups in total. The number of ether oxygens (including phenoxy) is 1. The molecule has 0 saturated carbocycles. The second kappa shape index (κ2) is 7.91. The monoisotopic (exact) mass is 409 g/mol. The third kappa shape index (κ3) is 4.81. The first-order valence-electron chi connectivity index (χ1n) is 7.95. The molecule has 0 aliphatic heterocycles. The van der Waals surface area contributed by atoms with Crippen LogP contribution < -0.4 is 9.21 Å². The summed E-state index contributed by atoms with van der Waals surface area (Å²) in [5.74, 6) is 0.842. The molecule has 3 rings (SSSR count). The van der Waals surface area contributed by atoms with Gasteiger partial charge in [-0.2, -0.15) is 13.3 Å². The minimum Gasteiger partial charge on any atom is -0.457 e. The van der Waals surface area contributed by atoms with Crippen LogP contribution in [0.4, 0.5) is 18.9 Å². The molecule has 5 nitrogen and oxygen atoms in total. The van der Waals surface area contributed by atoms with Gasteiger partial charge in [-0.05, 0) is 48.5 Å². The predicted octanol–water partition coefficient (Wildman–Crippen LogP) is 5.13. The Bertz CT molecular complexity index is 1010. The van der Waals surface area contributed by atoms with Gasteiger partial charge in [0.2, 0.25) is 0 Å². The van der Waals surface area contributed by atoms with Gasteiger partial charge in [0, 0.05) is 0 Å². The van der Waals surface area contributed by atoms with Crippen LogP contribution in [0.3, 0.4) is 0 Å². The van der Waals surface area contributed by atoms with E-state index in [2.05, 4.69) is 4.84 Å². The number of nitrogens with zero attached hydrogens (tertiary/aromatic N) is 1. The van der Waals surface area contributed by atoms with Crippen LogP contribution in [-0.4, -0.2) is 14.8 Å². The van der Waals surface area contributed by atoms with Crippen molar-refractivity contribution in [1.29, 1.82) is 0 Å². The molecule has 0 amide bonds. The number of hydrogen-bond acceptors (Lipinski definition) is 4. The number of benzene rings is 3. The fourth-order valence-corrected chi connectivity index (χ4v) is 3.56. The zero-order valence-electron chi connectivity index (χ0n) is 14.2. The van der Waals surface area contributed by atoms with Crippen molar-refractivity contribution in [3.8, 4) is 11.5 Å². The van der Waals surface area contributed by atoms with Crippen LogP contribution in [0.1, 0.15) is 0 Å². The Labute approximate surface area is 159 Å². The van der Waals surface area contributed by atoms with Gasteiger partial charge in [0.15, 0.2) is 0 Å². The van der Waals surface area contributed by atoms with Crippen LogP contribution in [0, 0.1) is 0 Å². The summed E-state index contributed by atoms with van der Waals surface area (Å²) in [6.07, 6.45) is -5.21. The van der Waals surface area contributed by atoms with E-state index < -0.39 is 16.4 Å². The highest BCUT2D eigenvalue weighted by Gasteiger charge is 2.39. The highest BCUT2D eigenvalue weighted by molar-refractivity contribution is 7.92. The molecule has 0 aliphatic carbocycles. The summed E-state index contributed by atoms with van der Waals surface area (Å²) in [7, 11) is -4.61. The Morgan fingerprint density at radius 2 is 1.21 bits per heavy atom. The quantitative estimate of drug-likeness (QED) is 0.530. The van der Waals surface area contributed by atoms with Gasteiger partial charge in [0.05, 0.1) is 10.6 Å². The number of anilines is 1. The summed E-state index contributed by atoms with van der Waals surface area (Å²) < 4.78 is 69.3. The first kappa shape index (κ1) is 19.7. The van der Waals surface area contributed by atoms with Crippen LogP contribution in [-0.2, 0) is 14.9 Å². The van der Waals surface area contributed by atoms with Crippen molar-refractivity contribution in [3.63, 3.8) is 0 Å². The Morgan fingerprint density at radius 3 is 1.75 bits per heavy atom. The van der Waals surface area contributed by atoms with Gasteiger partial charge in [-0.3, -0.25) is 0 Å². The molecule has 0 saturated heterocycles. The van der Waals surface area contributed by atoms with Crippen LogP contribution >= 0.6 is 0 Å². The van der Waals surface area contributed by atoms with E-state index in [-0.39, 0.29) is 15.1 Å². The molecule has 28 heavy (non-hydrogen) atoms. The minimum atomic E-state index is -5.21. The fourth-order valence-electron chi connectivity index (χ4n) is 2.28. The Balaban J connectivity index is 1.92. The summed E-state index contributed by atoms with van der Waals surface area (Å²) in [6, 6.07) is 20.4. The average Bonchev–Trinajstić information content (AvgIpc) is 2.68. The zero-order valence-corrected chi connectivity index (χ0v) is 15.0. The molecule has 0 aliphatic rings. The van der Waals surface area contributed by atoms with Gasteiger partial charge in [-0.1, -0.05) is 36.4 Å². The number of hydrogen-bond donors (Lipinski definition) is 0. The summed E-state index contributed by atoms with van der Waals surface area (Å²) in [6.45, 7) is 0. The molecule has 0 fully saturated rings. The maximum Gasteiger partial charge on any atom is 0.544 e. The molecule has 146 valence electrons. The summed E-state index contributed by atoms with van der Waals surface area (Å²) in [4.78, 5) is 3.46. The molecule has 0 heterocycles. The van der Waals surface area contributed by atoms with Crippen molar-refractivity contribution in [2.75, 3.05) is 4.47 Å². The SMILES string of the molecule is O=S(=O)(c1ccccc1)N(OC(F)(F)F)c1ccc(Oc2ccccc2)cc1. The summed E-state index contributed by atoms with van der Waals surface area (Å²) in [5.41, 5.74) is -0.332. The first-order chi connectivity index (χ1) is 13.3. The van der Waals surface area contributed by atoms with Crippen LogP contribution in [0.2, 0.25) is 0 Å². The van der Waals surface area contributed by atoms with Gasteiger partial charge in [0.1, 0.15) is 11.5 Å². The van der Waals surface area contributed by atoms with E-state index >= 15 is 0 Å². The fraction of sp³-hybridized carbons (Fsp3) is 0.0526. The topological polar surface area (TPSA) is 55.8 Å². The zero-order chi connectivity index (χ0) is 20.2. The second-order valence-electron chi connectivity index (χ2n) is 5.49. The van der Waals surface area contributed by atoms with Gasteiger partial charge in [-0.15, -0.1) is 17.6 Å². The van der Waals surface area contributed by atoms with Gasteiger partial charge < -0.3 is 4.74 Å². The Kier molecular flexibility index (Phi) is 5.57. The molecule has 3 aromatic rings. The third-order valence-electron chi connectivity index (χ3n) is 3.47. The third-order valence-corrected chi connectivity index (χ3v) is 5.06. The van der Waals surface area contributed by atoms with E-state index in [0.717, 1.165) is 12.1 Å². The maximum absolute atomic E-state index is 12.9. The Hall–Kier alpha value is -3.04. The normalized spacial score (nSPS) is 11.8. The highest BCUT2D eigenvalue weighted by Crippen LogP contribution is 2.31. The largest absolute Gasteiger partial charge is 0.544 e. The lowest BCUT2D eigenvalue weighted by Gasteiger charge is -2.24. The molecular formula is C19H14F3NO4S. The molecular weight excluding hydrogens is 395 g/mol. The van der Waals surface area contributed by atoms with Gasteiger partial charge >= 0.3 is 6.36 Å². The molecule has 0 aromatic heterocycles. The smallest absolute Gasteiger partial charge is 0.457 e. The highest BCUT2D eigenvalue weighted by atomic mass is 32.2. The predicted molar refractivity (Wildman–Crippen MR) is 96.2 cm³/mol. The van der Waals surface area contributed by atoms with Gasteiger partial charge in [0.25, 0.3) is 10.0 Å². The van der Waals surface area contributed by atoms with Gasteiger partial charge in [-0.25, -0.2) is 0 Å². The first-order valence-corrected chi connectivity index (χ1v) is 9.39. The number of para-hydroxylation sites is 1. The number of rotatable bonds is 6. The van der Waals surface area contributed by atoms with E-state index in [9.17, 15) is 21.6 Å². The average molecular weight is 409 g/mol. The summed E-state index contributed by atoms with van der Waals surface area (Å²) >= 11 is 0. The van der Waals surface area contributed by atoms with Crippen molar-refractivity contribution >= 4 is 15.7 Å². The molecule has 0 spiro atoms. The van der Waals surface area contributed by atoms with Crippen molar-refractivity contribution in [2.24, 2.45) is 0 Å². The summed E-state index contributed by atoms with van der Waals surface area (Å²) in [5, 5.41) is 0.